The Hall–Kier alpha value is -4.85. The highest BCUT2D eigenvalue weighted by atomic mass is 16.7. The van der Waals surface area contributed by atoms with Crippen LogP contribution in [-0.2, 0) is 37.9 Å². The van der Waals surface area contributed by atoms with Crippen LogP contribution in [-0.4, -0.2) is 106 Å². The lowest BCUT2D eigenvalue weighted by Gasteiger charge is -2.38. The summed E-state index contributed by atoms with van der Waals surface area (Å²) in [6.07, 6.45) is 4.31. The smallest absolute Gasteiger partial charge is 0.319 e. The molecular weight excluding hydrogens is 925 g/mol. The molecule has 4 fully saturated rings. The third kappa shape index (κ3) is 16.1. The normalized spacial score (nSPS) is 28.7. The molecule has 0 aliphatic carbocycles. The van der Waals surface area contributed by atoms with Crippen molar-refractivity contribution >= 4 is 11.7 Å². The lowest BCUT2D eigenvalue weighted by atomic mass is 9.95. The van der Waals surface area contributed by atoms with Crippen molar-refractivity contribution < 1.29 is 68.2 Å². The van der Waals surface area contributed by atoms with Crippen molar-refractivity contribution in [2.24, 2.45) is 0 Å². The highest BCUT2D eigenvalue weighted by Gasteiger charge is 2.36. The topological polar surface area (TPSA) is 216 Å². The van der Waals surface area contributed by atoms with E-state index in [4.69, 9.17) is 37.9 Å². The molecule has 0 bridgehead atoms. The molecule has 72 heavy (non-hydrogen) atoms. The lowest BCUT2D eigenvalue weighted by Crippen LogP contribution is -2.46. The maximum atomic E-state index is 12.8. The Morgan fingerprint density at radius 1 is 0.542 bits per heavy atom. The fraction of sp³-hybridized carbons (Fsp3) is 0.554. The average Bonchev–Trinajstić information content (AvgIpc) is 3.36. The van der Waals surface area contributed by atoms with Crippen LogP contribution in [0.15, 0.2) is 103 Å². The van der Waals surface area contributed by atoms with Gasteiger partial charge in [-0.25, -0.2) is 4.79 Å². The van der Waals surface area contributed by atoms with E-state index >= 15 is 0 Å². The van der Waals surface area contributed by atoms with Gasteiger partial charge in [-0.2, -0.15) is 0 Å². The largest absolute Gasteiger partial charge is 0.507 e. The Labute approximate surface area is 422 Å². The van der Waals surface area contributed by atoms with Gasteiger partial charge in [-0.3, -0.25) is 0 Å². The number of hydrogen-bond donors (Lipinski definition) is 7. The second-order valence-corrected chi connectivity index (χ2v) is 19.7. The molecule has 392 valence electrons. The van der Waals surface area contributed by atoms with Gasteiger partial charge in [0.1, 0.15) is 17.2 Å². The van der Waals surface area contributed by atoms with Crippen LogP contribution in [0.3, 0.4) is 0 Å². The molecule has 0 saturated carbocycles. The molecule has 0 aromatic heterocycles. The van der Waals surface area contributed by atoms with Gasteiger partial charge in [0, 0.05) is 35.2 Å². The molecule has 4 heterocycles. The van der Waals surface area contributed by atoms with Crippen molar-refractivity contribution in [1.29, 1.82) is 0 Å². The summed E-state index contributed by atoms with van der Waals surface area (Å²) < 4.78 is 50.0. The van der Waals surface area contributed by atoms with Crippen molar-refractivity contribution in [3.8, 4) is 17.2 Å². The molecule has 0 radical (unpaired) electrons. The van der Waals surface area contributed by atoms with Gasteiger partial charge in [0.05, 0.1) is 68.1 Å². The van der Waals surface area contributed by atoms with Gasteiger partial charge < -0.3 is 74.1 Å². The number of phenolic OH excluding ortho intramolecular Hbond substituents is 3. The Kier molecular flexibility index (Phi) is 20.0. The molecule has 4 aliphatic heterocycles. The van der Waals surface area contributed by atoms with Gasteiger partial charge in [-0.15, -0.1) is 0 Å². The molecule has 4 aromatic carbocycles. The van der Waals surface area contributed by atoms with Crippen molar-refractivity contribution in [3.05, 3.63) is 120 Å². The fourth-order valence-corrected chi connectivity index (χ4v) is 10.3. The molecule has 13 unspecified atom stereocenters. The first-order valence-electron chi connectivity index (χ1n) is 26.0. The number of amides is 2. The second-order valence-electron chi connectivity index (χ2n) is 19.7. The highest BCUT2D eigenvalue weighted by molar-refractivity contribution is 5.89. The summed E-state index contributed by atoms with van der Waals surface area (Å²) in [4.78, 5) is 12.8. The van der Waals surface area contributed by atoms with Crippen LogP contribution in [0.1, 0.15) is 139 Å². The van der Waals surface area contributed by atoms with E-state index in [9.17, 15) is 30.3 Å². The van der Waals surface area contributed by atoms with Gasteiger partial charge in [-0.1, -0.05) is 72.8 Å². The van der Waals surface area contributed by atoms with E-state index in [1.165, 1.54) is 0 Å². The third-order valence-corrected chi connectivity index (χ3v) is 13.9. The summed E-state index contributed by atoms with van der Waals surface area (Å²) in [6, 6.07) is 29.9. The molecule has 13 atom stereocenters. The van der Waals surface area contributed by atoms with Crippen LogP contribution < -0.4 is 10.6 Å². The summed E-state index contributed by atoms with van der Waals surface area (Å²) >= 11 is 0. The predicted molar refractivity (Wildman–Crippen MR) is 267 cm³/mol. The molecule has 16 heteroatoms. The Balaban J connectivity index is 0.816. The van der Waals surface area contributed by atoms with Gasteiger partial charge in [0.2, 0.25) is 0 Å². The van der Waals surface area contributed by atoms with E-state index in [0.717, 1.165) is 25.7 Å². The van der Waals surface area contributed by atoms with Crippen LogP contribution in [0.2, 0.25) is 0 Å². The minimum atomic E-state index is -0.764. The van der Waals surface area contributed by atoms with Gasteiger partial charge in [-0.05, 0) is 121 Å². The van der Waals surface area contributed by atoms with E-state index < -0.39 is 37.4 Å². The number of rotatable bonds is 22. The molecule has 4 aliphatic rings. The molecule has 0 spiro atoms. The van der Waals surface area contributed by atoms with Gasteiger partial charge in [0.15, 0.2) is 25.2 Å². The van der Waals surface area contributed by atoms with E-state index in [1.54, 1.807) is 48.5 Å². The SMILES string of the molecule is CC1CC(CCCC2CC(CC(O)CCCC3CC(CCCC(O)CC4CCOC(c5ccccc5O)O4)OC(c4ccccc4O)O3)OC(CNC(=O)Nc3ccccc3)O2)OC(c2ccccc2O)O1. The number of aliphatic hydroxyl groups excluding tert-OH is 2. The molecule has 16 nitrogen and oxygen atoms in total. The number of urea groups is 1. The van der Waals surface area contributed by atoms with Crippen LogP contribution in [0.25, 0.3) is 0 Å². The first-order chi connectivity index (χ1) is 35.0. The quantitative estimate of drug-likeness (QED) is 0.0390. The number of para-hydroxylation sites is 4. The fourth-order valence-electron chi connectivity index (χ4n) is 10.3. The van der Waals surface area contributed by atoms with Crippen LogP contribution in [0, 0.1) is 0 Å². The van der Waals surface area contributed by atoms with Crippen LogP contribution in [0.5, 0.6) is 17.2 Å². The number of ether oxygens (including phenoxy) is 8. The van der Waals surface area contributed by atoms with E-state index in [2.05, 4.69) is 10.6 Å². The number of phenols is 3. The summed E-state index contributed by atoms with van der Waals surface area (Å²) in [7, 11) is 0. The molecular formula is C56H74N2O14. The third-order valence-electron chi connectivity index (χ3n) is 13.9. The monoisotopic (exact) mass is 999 g/mol. The number of anilines is 1. The molecule has 2 amide bonds. The van der Waals surface area contributed by atoms with Crippen molar-refractivity contribution in [2.45, 2.75) is 183 Å². The number of aromatic hydroxyl groups is 3. The standard InChI is InChI=1S/C56H74N2O14/c1-36-30-40(70-54(66-36)47-23-6-9-26-50(47)62)20-13-21-41-34-45(68-52(67-41)35-57-56(64)58-37-14-3-2-4-15-37)32-39(60)17-12-19-43-33-42(71-55(72-43)48-24-7-10-27-51(48)63)18-11-16-38(59)31-44-28-29-65-53(69-44)46-22-5-8-25-49(46)61/h2-10,14-15,22-27,36,38-45,52-55,59-63H,11-13,16-21,28-35H2,1H3,(H2,57,58,64). The first-order valence-corrected chi connectivity index (χ1v) is 26.0. The summed E-state index contributed by atoms with van der Waals surface area (Å²) in [5.74, 6) is 0.346. The van der Waals surface area contributed by atoms with Crippen LogP contribution in [0.4, 0.5) is 10.5 Å². The second kappa shape index (κ2) is 26.9. The van der Waals surface area contributed by atoms with Crippen molar-refractivity contribution in [3.63, 3.8) is 0 Å². The number of benzene rings is 4. The number of carbonyl (C=O) groups is 1. The zero-order valence-corrected chi connectivity index (χ0v) is 41.3. The molecule has 8 rings (SSSR count). The van der Waals surface area contributed by atoms with Gasteiger partial charge >= 0.3 is 6.03 Å². The predicted octanol–water partition coefficient (Wildman–Crippen LogP) is 9.71. The van der Waals surface area contributed by atoms with Crippen LogP contribution >= 0.6 is 0 Å². The van der Waals surface area contributed by atoms with E-state index in [-0.39, 0.29) is 72.6 Å². The number of nitrogens with one attached hydrogen (secondary N) is 2. The van der Waals surface area contributed by atoms with Crippen molar-refractivity contribution in [1.82, 2.24) is 5.32 Å². The Morgan fingerprint density at radius 3 is 1.60 bits per heavy atom. The lowest BCUT2D eigenvalue weighted by molar-refractivity contribution is -0.251. The highest BCUT2D eigenvalue weighted by Crippen LogP contribution is 2.39. The summed E-state index contributed by atoms with van der Waals surface area (Å²) in [5.41, 5.74) is 2.41. The molecule has 4 saturated heterocycles. The number of aliphatic hydroxyl groups is 2. The average molecular weight is 999 g/mol. The minimum Gasteiger partial charge on any atom is -0.507 e. The Bertz CT molecular complexity index is 2260. The van der Waals surface area contributed by atoms with E-state index in [0.29, 0.717) is 99.6 Å². The summed E-state index contributed by atoms with van der Waals surface area (Å²) in [5, 5.41) is 59.8. The maximum absolute atomic E-state index is 12.8. The minimum absolute atomic E-state index is 0.0446. The molecule has 7 N–H and O–H groups in total. The zero-order valence-electron chi connectivity index (χ0n) is 41.3. The van der Waals surface area contributed by atoms with Gasteiger partial charge in [0.25, 0.3) is 0 Å². The maximum Gasteiger partial charge on any atom is 0.319 e. The number of carbonyl (C=O) groups excluding carboxylic acids is 1. The Morgan fingerprint density at radius 2 is 1.00 bits per heavy atom. The van der Waals surface area contributed by atoms with Crippen molar-refractivity contribution in [2.75, 3.05) is 18.5 Å². The molecule has 4 aromatic rings. The van der Waals surface area contributed by atoms with E-state index in [1.807, 2.05) is 61.5 Å². The first kappa shape index (κ1) is 53.4. The number of hydrogen-bond acceptors (Lipinski definition) is 14. The zero-order chi connectivity index (χ0) is 50.2. The summed E-state index contributed by atoms with van der Waals surface area (Å²) in [6.45, 7) is 2.61.